The van der Waals surface area contributed by atoms with Crippen molar-refractivity contribution in [1.29, 1.82) is 0 Å². The summed E-state index contributed by atoms with van der Waals surface area (Å²) in [7, 11) is 0. The van der Waals surface area contributed by atoms with Crippen molar-refractivity contribution in [3.8, 4) is 0 Å². The van der Waals surface area contributed by atoms with Crippen LogP contribution in [-0.2, 0) is 66.5 Å². The van der Waals surface area contributed by atoms with Gasteiger partial charge < -0.3 is 47.4 Å². The zero-order valence-electron chi connectivity index (χ0n) is 25.0. The number of esters is 4. The van der Waals surface area contributed by atoms with Gasteiger partial charge in [-0.25, -0.2) is 0 Å². The Balaban J connectivity index is 1.52. The number of ether oxygens (including phenoxy) is 10. The van der Waals surface area contributed by atoms with Crippen LogP contribution in [0.4, 0.5) is 0 Å². The summed E-state index contributed by atoms with van der Waals surface area (Å²) in [6.45, 7) is 11.7. The minimum atomic E-state index is -1.23. The number of hydrogen-bond donors (Lipinski definition) is 0. The minimum Gasteiger partial charge on any atom is -0.463 e. The molecule has 238 valence electrons. The van der Waals surface area contributed by atoms with Crippen LogP contribution in [0.25, 0.3) is 0 Å². The highest BCUT2D eigenvalue weighted by atomic mass is 32.2. The Morgan fingerprint density at radius 3 is 1.81 bits per heavy atom. The van der Waals surface area contributed by atoms with Gasteiger partial charge in [0.1, 0.15) is 36.5 Å². The normalized spacial score (nSPS) is 38.1. The average Bonchev–Trinajstić information content (AvgIpc) is 3.34. The van der Waals surface area contributed by atoms with Gasteiger partial charge in [-0.15, -0.1) is 11.8 Å². The van der Waals surface area contributed by atoms with Gasteiger partial charge in [0, 0.05) is 27.7 Å². The molecule has 4 saturated heterocycles. The second-order valence-electron chi connectivity index (χ2n) is 11.4. The predicted octanol–water partition coefficient (Wildman–Crippen LogP) is 1.59. The Morgan fingerprint density at radius 1 is 0.643 bits per heavy atom. The quantitative estimate of drug-likeness (QED) is 0.270. The zero-order valence-corrected chi connectivity index (χ0v) is 25.8. The molecule has 0 spiro atoms. The van der Waals surface area contributed by atoms with Gasteiger partial charge >= 0.3 is 23.9 Å². The summed E-state index contributed by atoms with van der Waals surface area (Å²) in [5.41, 5.74) is -0.889. The third kappa shape index (κ3) is 7.92. The molecule has 0 amide bonds. The summed E-state index contributed by atoms with van der Waals surface area (Å²) in [5, 5.41) is 0. The molecule has 4 heterocycles. The number of thioether (sulfide) groups is 1. The van der Waals surface area contributed by atoms with E-state index >= 15 is 0 Å². The molecule has 0 aromatic heterocycles. The topological polar surface area (TPSA) is 161 Å². The molecule has 0 N–H and O–H groups in total. The largest absolute Gasteiger partial charge is 0.463 e. The SMILES string of the molecule is CC(=O)OC[C@H]1O[C@H](SCC[C@H]2O[C@@H]3OC(C)(C)O[C@@H]3[C@H]3OC(C)(C)O[C@H]32)[C@@H](OC(C)=O)[C@@H](OC(C)=O)[C@@H]1OC(C)=O. The second-order valence-corrected chi connectivity index (χ2v) is 12.6. The van der Waals surface area contributed by atoms with Crippen LogP contribution in [0.2, 0.25) is 0 Å². The van der Waals surface area contributed by atoms with Crippen molar-refractivity contribution in [2.45, 2.75) is 134 Å². The molecule has 0 aliphatic carbocycles. The summed E-state index contributed by atoms with van der Waals surface area (Å²) < 4.78 is 58.5. The number of carbonyl (C=O) groups excluding carboxylic acids is 4. The molecule has 0 saturated carbocycles. The molecule has 4 aliphatic heterocycles. The Labute approximate surface area is 248 Å². The van der Waals surface area contributed by atoms with E-state index in [4.69, 9.17) is 47.4 Å². The van der Waals surface area contributed by atoms with E-state index in [0.29, 0.717) is 12.2 Å². The highest BCUT2D eigenvalue weighted by Crippen LogP contribution is 2.45. The molecule has 10 atom stereocenters. The van der Waals surface area contributed by atoms with Crippen LogP contribution < -0.4 is 0 Å². The number of hydrogen-bond acceptors (Lipinski definition) is 15. The molecule has 0 radical (unpaired) electrons. The minimum absolute atomic E-state index is 0.291. The Kier molecular flexibility index (Phi) is 10.1. The Bertz CT molecular complexity index is 1030. The zero-order chi connectivity index (χ0) is 31.0. The number of rotatable bonds is 9. The van der Waals surface area contributed by atoms with Crippen LogP contribution in [0.5, 0.6) is 0 Å². The van der Waals surface area contributed by atoms with Crippen molar-refractivity contribution in [1.82, 2.24) is 0 Å². The molecule has 15 heteroatoms. The molecule has 0 aromatic carbocycles. The lowest BCUT2D eigenvalue weighted by Crippen LogP contribution is -2.61. The predicted molar refractivity (Wildman–Crippen MR) is 142 cm³/mol. The van der Waals surface area contributed by atoms with E-state index in [-0.39, 0.29) is 6.61 Å². The second kappa shape index (κ2) is 12.9. The van der Waals surface area contributed by atoms with E-state index in [1.807, 2.05) is 13.8 Å². The van der Waals surface area contributed by atoms with Crippen molar-refractivity contribution in [2.75, 3.05) is 12.4 Å². The molecular formula is C27H40O14S. The standard InChI is InChI=1S/C27H40O14S/c1-12(28)32-11-17-18(33-13(2)29)20(34-14(3)30)23(35-15(4)31)25(37-17)42-10-9-16-19-21(39-26(5,6)38-19)22-24(36-16)41-27(7,8)40-22/h16-25H,9-11H2,1-8H3/t16-,17-,18-,19+,20+,21+,22-,23+,24-,25-/m1/s1. The van der Waals surface area contributed by atoms with E-state index in [0.717, 1.165) is 0 Å². The molecule has 42 heavy (non-hydrogen) atoms. The Morgan fingerprint density at radius 2 is 1.19 bits per heavy atom. The maximum atomic E-state index is 12.1. The van der Waals surface area contributed by atoms with Crippen LogP contribution in [0, 0.1) is 0 Å². The molecule has 0 unspecified atom stereocenters. The van der Waals surface area contributed by atoms with E-state index in [1.165, 1.54) is 39.5 Å². The molecule has 4 aliphatic rings. The Hall–Kier alpha value is -2.01. The first-order valence-electron chi connectivity index (χ1n) is 13.8. The van der Waals surface area contributed by atoms with Gasteiger partial charge in [-0.2, -0.15) is 0 Å². The molecule has 4 fully saturated rings. The highest BCUT2D eigenvalue weighted by molar-refractivity contribution is 7.99. The van der Waals surface area contributed by atoms with Gasteiger partial charge in [0.15, 0.2) is 36.2 Å². The van der Waals surface area contributed by atoms with Crippen LogP contribution >= 0.6 is 11.8 Å². The van der Waals surface area contributed by atoms with Crippen molar-refractivity contribution in [3.63, 3.8) is 0 Å². The lowest BCUT2D eigenvalue weighted by atomic mass is 9.97. The van der Waals surface area contributed by atoms with Crippen molar-refractivity contribution in [2.24, 2.45) is 0 Å². The maximum Gasteiger partial charge on any atom is 0.303 e. The van der Waals surface area contributed by atoms with Gasteiger partial charge in [0.05, 0.1) is 6.10 Å². The molecule has 0 aromatic rings. The maximum absolute atomic E-state index is 12.1. The van der Waals surface area contributed by atoms with Gasteiger partial charge in [-0.3, -0.25) is 19.2 Å². The smallest absolute Gasteiger partial charge is 0.303 e. The summed E-state index contributed by atoms with van der Waals surface area (Å²) in [6.07, 6.45) is -6.54. The first-order valence-corrected chi connectivity index (χ1v) is 14.9. The third-order valence-corrected chi connectivity index (χ3v) is 8.06. The number of carbonyl (C=O) groups is 4. The van der Waals surface area contributed by atoms with Crippen molar-refractivity contribution in [3.05, 3.63) is 0 Å². The van der Waals surface area contributed by atoms with Crippen molar-refractivity contribution >= 4 is 35.6 Å². The van der Waals surface area contributed by atoms with Gasteiger partial charge in [0.2, 0.25) is 0 Å². The highest BCUT2D eigenvalue weighted by Gasteiger charge is 2.60. The monoisotopic (exact) mass is 620 g/mol. The van der Waals surface area contributed by atoms with E-state index in [1.54, 1.807) is 13.8 Å². The number of fused-ring (bicyclic) bond motifs is 3. The summed E-state index contributed by atoms with van der Waals surface area (Å²) >= 11 is 1.27. The van der Waals surface area contributed by atoms with E-state index in [2.05, 4.69) is 0 Å². The van der Waals surface area contributed by atoms with Crippen LogP contribution in [0.1, 0.15) is 61.8 Å². The lowest BCUT2D eigenvalue weighted by molar-refractivity contribution is -0.238. The molecule has 4 rings (SSSR count). The molecule has 14 nitrogen and oxygen atoms in total. The van der Waals surface area contributed by atoms with Gasteiger partial charge in [0.25, 0.3) is 0 Å². The van der Waals surface area contributed by atoms with Crippen LogP contribution in [-0.4, -0.2) is 108 Å². The fourth-order valence-electron chi connectivity index (χ4n) is 5.55. The van der Waals surface area contributed by atoms with E-state index < -0.39 is 96.0 Å². The third-order valence-electron chi connectivity index (χ3n) is 6.88. The van der Waals surface area contributed by atoms with Crippen molar-refractivity contribution < 1.29 is 66.5 Å². The summed E-state index contributed by atoms with van der Waals surface area (Å²) in [5.74, 6) is -3.91. The van der Waals surface area contributed by atoms with Gasteiger partial charge in [-0.05, 0) is 39.9 Å². The fraction of sp³-hybridized carbons (Fsp3) is 0.852. The van der Waals surface area contributed by atoms with Gasteiger partial charge in [-0.1, -0.05) is 0 Å². The average molecular weight is 621 g/mol. The van der Waals surface area contributed by atoms with Crippen LogP contribution in [0.15, 0.2) is 0 Å². The first kappa shape index (κ1) is 32.9. The molecule has 0 bridgehead atoms. The fourth-order valence-corrected chi connectivity index (χ4v) is 6.77. The van der Waals surface area contributed by atoms with Crippen LogP contribution in [0.3, 0.4) is 0 Å². The van der Waals surface area contributed by atoms with E-state index in [9.17, 15) is 19.2 Å². The summed E-state index contributed by atoms with van der Waals surface area (Å²) in [4.78, 5) is 47.7. The summed E-state index contributed by atoms with van der Waals surface area (Å²) in [6, 6.07) is 0. The molecular weight excluding hydrogens is 580 g/mol. The lowest BCUT2D eigenvalue weighted by Gasteiger charge is -2.44. The first-order chi connectivity index (χ1) is 19.5.